The molecule has 0 bridgehead atoms. The van der Waals surface area contributed by atoms with E-state index in [-0.39, 0.29) is 40.9 Å². The number of aryl methyl sites for hydroxylation is 11. The van der Waals surface area contributed by atoms with Gasteiger partial charge in [0.25, 0.3) is 26.8 Å². The molecule has 42 heteroatoms. The molecule has 8 heterocycles. The number of rotatable bonds is 56. The Morgan fingerprint density at radius 2 is 0.669 bits per heavy atom. The van der Waals surface area contributed by atoms with Crippen LogP contribution in [-0.2, 0) is 100 Å². The van der Waals surface area contributed by atoms with Gasteiger partial charge in [-0.1, -0.05) is 162 Å². The number of alkyl halides is 1. The number of halogens is 3. The molecule has 0 fully saturated rings. The van der Waals surface area contributed by atoms with Crippen LogP contribution in [-0.4, -0.2) is 195 Å². The van der Waals surface area contributed by atoms with Gasteiger partial charge in [-0.05, 0) is 162 Å². The molecule has 8 aromatic heterocycles. The molecule has 720 valence electrons. The topological polar surface area (TPSA) is 493 Å². The number of fused-ring (bicyclic) bond motifs is 4. The van der Waals surface area contributed by atoms with Gasteiger partial charge in [0.1, 0.15) is 28.8 Å². The average molecular weight is 1940 g/mol. The molecule has 0 radical (unpaired) electrons. The van der Waals surface area contributed by atoms with Crippen molar-refractivity contribution in [2.24, 2.45) is 21.1 Å². The van der Waals surface area contributed by atoms with Crippen LogP contribution in [0.2, 0.25) is 10.4 Å². The van der Waals surface area contributed by atoms with Crippen LogP contribution >= 0.6 is 39.1 Å². The SMILES string of the molecule is COC(=O)CCCCCCBr.COC(=O)CCCCCCNCCCCCCCCn1c(C)nc2c1c(=O)[nH]c(=O)n2C.COC(=O)CCCCCCNCCCCCCCCn1c(C)nc2nc(Cl)nc(Cl)c21.CS(=O)(=O)[O-].Cc1nc2c(c(=O)[nH]c(=O)n2C)n1CCCCCCCCOS(C)(=O)=O.Cc1nc2c(c(=O)[nH]c(=O)n2C)n1CCCCCCCC[NH3+]. The van der Waals surface area contributed by atoms with Crippen LogP contribution in [0.25, 0.3) is 44.7 Å². The predicted octanol–water partition coefficient (Wildman–Crippen LogP) is 11.3. The van der Waals surface area contributed by atoms with Crippen molar-refractivity contribution >= 4 is 122 Å². The summed E-state index contributed by atoms with van der Waals surface area (Å²) in [6.07, 6.45) is 43.2. The van der Waals surface area contributed by atoms with E-state index >= 15 is 0 Å². The summed E-state index contributed by atoms with van der Waals surface area (Å²) in [4.78, 5) is 137. The first-order valence-electron chi connectivity index (χ1n) is 44.8. The van der Waals surface area contributed by atoms with Gasteiger partial charge in [0.2, 0.25) is 5.28 Å². The molecule has 37 nitrogen and oxygen atoms in total. The van der Waals surface area contributed by atoms with E-state index < -0.39 is 42.9 Å². The van der Waals surface area contributed by atoms with Crippen LogP contribution in [0.3, 0.4) is 0 Å². The van der Waals surface area contributed by atoms with Gasteiger partial charge < -0.3 is 53.4 Å². The summed E-state index contributed by atoms with van der Waals surface area (Å²) in [6.45, 7) is 16.1. The van der Waals surface area contributed by atoms with Gasteiger partial charge in [-0.3, -0.25) is 61.6 Å². The molecular formula is C85H144BrCl2N19O18S2. The first-order chi connectivity index (χ1) is 60.5. The lowest BCUT2D eigenvalue weighted by molar-refractivity contribution is -0.368. The molecular weight excluding hydrogens is 1790 g/mol. The van der Waals surface area contributed by atoms with Crippen LogP contribution in [0.5, 0.6) is 0 Å². The van der Waals surface area contributed by atoms with Gasteiger partial charge >= 0.3 is 35.0 Å². The quantitative estimate of drug-likeness (QED) is 0.00301. The molecule has 0 spiro atoms. The number of carbonyl (C=O) groups is 3. The molecule has 0 aliphatic rings. The van der Waals surface area contributed by atoms with E-state index in [0.29, 0.717) is 82.2 Å². The molecule has 127 heavy (non-hydrogen) atoms. The Hall–Kier alpha value is -7.83. The Morgan fingerprint density at radius 1 is 0.402 bits per heavy atom. The van der Waals surface area contributed by atoms with Crippen molar-refractivity contribution in [1.82, 2.24) is 87.5 Å². The number of quaternary nitrogens is 1. The van der Waals surface area contributed by atoms with Gasteiger partial charge in [-0.25, -0.2) is 47.7 Å². The molecule has 8 N–H and O–H groups in total. The predicted molar refractivity (Wildman–Crippen MR) is 501 cm³/mol. The largest absolute Gasteiger partial charge is 0.748 e. The average Bonchev–Trinajstić information content (AvgIpc) is 1.63. The van der Waals surface area contributed by atoms with Crippen LogP contribution in [0.1, 0.15) is 274 Å². The van der Waals surface area contributed by atoms with Crippen LogP contribution in [0, 0.1) is 27.7 Å². The minimum absolute atomic E-state index is 0.0937. The third-order valence-electron chi connectivity index (χ3n) is 21.2. The lowest BCUT2D eigenvalue weighted by atomic mass is 10.1. The van der Waals surface area contributed by atoms with E-state index in [1.54, 1.807) is 21.1 Å². The monoisotopic (exact) mass is 1930 g/mol. The van der Waals surface area contributed by atoms with E-state index in [2.05, 4.69) is 95.9 Å². The number of hydrogen-bond donors (Lipinski definition) is 6. The lowest BCUT2D eigenvalue weighted by Gasteiger charge is -2.08. The Bertz CT molecular complexity index is 5180. The number of aromatic nitrogens is 16. The second-order valence-corrected chi connectivity index (χ2v) is 36.2. The lowest BCUT2D eigenvalue weighted by Crippen LogP contribution is -2.50. The summed E-state index contributed by atoms with van der Waals surface area (Å²) in [6, 6.07) is 0. The fourth-order valence-corrected chi connectivity index (χ4v) is 15.4. The van der Waals surface area contributed by atoms with Crippen molar-refractivity contribution in [3.8, 4) is 0 Å². The number of nitrogens with one attached hydrogen (secondary N) is 5. The Morgan fingerprint density at radius 3 is 0.969 bits per heavy atom. The summed E-state index contributed by atoms with van der Waals surface area (Å²) in [5.41, 5.74) is 5.47. The molecule has 0 aliphatic carbocycles. The zero-order chi connectivity index (χ0) is 94.3. The zero-order valence-corrected chi connectivity index (χ0v) is 81.9. The van der Waals surface area contributed by atoms with Crippen LogP contribution in [0.4, 0.5) is 0 Å². The molecule has 0 amide bonds. The van der Waals surface area contributed by atoms with Crippen molar-refractivity contribution in [3.05, 3.63) is 96.2 Å². The van der Waals surface area contributed by atoms with E-state index in [0.717, 1.165) is 209 Å². The Kier molecular flexibility index (Phi) is 57.1. The number of hydrogen-bond acceptors (Lipinski definition) is 26. The number of aromatic amines is 3. The second-order valence-electron chi connectivity index (χ2n) is 31.6. The number of ether oxygens (including phenoxy) is 3. The van der Waals surface area contributed by atoms with Crippen LogP contribution < -0.4 is 50.1 Å². The summed E-state index contributed by atoms with van der Waals surface area (Å²) in [7, 11) is 1.89. The molecule has 0 aromatic carbocycles. The first-order valence-corrected chi connectivity index (χ1v) is 50.3. The van der Waals surface area contributed by atoms with Crippen LogP contribution in [0.15, 0.2) is 28.8 Å². The molecule has 0 atom stereocenters. The third-order valence-corrected chi connectivity index (χ3v) is 22.7. The number of unbranched alkanes of at least 4 members (excludes halogenated alkanes) is 29. The van der Waals surface area contributed by atoms with E-state index in [1.165, 1.54) is 144 Å². The fraction of sp³-hybridized carbons (Fsp3) is 0.729. The van der Waals surface area contributed by atoms with Gasteiger partial charge in [-0.2, -0.15) is 13.4 Å². The second kappa shape index (κ2) is 64.0. The first kappa shape index (κ1) is 113. The number of imidazole rings is 4. The van der Waals surface area contributed by atoms with Crippen molar-refractivity contribution in [2.45, 2.75) is 304 Å². The van der Waals surface area contributed by atoms with Gasteiger partial charge in [0, 0.05) is 78.2 Å². The summed E-state index contributed by atoms with van der Waals surface area (Å²) in [5.74, 6) is 2.83. The maximum atomic E-state index is 12.2. The van der Waals surface area contributed by atoms with Crippen molar-refractivity contribution in [1.29, 1.82) is 0 Å². The number of esters is 3. The van der Waals surface area contributed by atoms with Gasteiger partial charge in [0.05, 0.1) is 50.9 Å². The van der Waals surface area contributed by atoms with Crippen molar-refractivity contribution < 1.29 is 59.9 Å². The van der Waals surface area contributed by atoms with E-state index in [1.807, 2.05) is 41.4 Å². The van der Waals surface area contributed by atoms with Gasteiger partial charge in [-0.15, -0.1) is 0 Å². The van der Waals surface area contributed by atoms with E-state index in [9.17, 15) is 51.6 Å². The maximum absolute atomic E-state index is 12.2. The summed E-state index contributed by atoms with van der Waals surface area (Å²) >= 11 is 15.5. The number of nitrogens with zero attached hydrogens (tertiary/aromatic N) is 13. The Balaban J connectivity index is 0.000000415. The maximum Gasteiger partial charge on any atom is 0.329 e. The van der Waals surface area contributed by atoms with E-state index in [4.69, 9.17) is 40.4 Å². The molecule has 0 saturated carbocycles. The van der Waals surface area contributed by atoms with Gasteiger partial charge in [0.15, 0.2) is 44.3 Å². The van der Waals surface area contributed by atoms with Crippen molar-refractivity contribution in [3.63, 3.8) is 0 Å². The molecule has 8 aromatic rings. The number of H-pyrrole nitrogens is 3. The smallest absolute Gasteiger partial charge is 0.329 e. The normalized spacial score (nSPS) is 11.4. The van der Waals surface area contributed by atoms with Crippen molar-refractivity contribution in [2.75, 3.05) is 78.5 Å². The highest BCUT2D eigenvalue weighted by Gasteiger charge is 2.20. The molecule has 0 unspecified atom stereocenters. The fourth-order valence-electron chi connectivity index (χ4n) is 14.1. The Labute approximate surface area is 764 Å². The summed E-state index contributed by atoms with van der Waals surface area (Å²) < 4.78 is 79.3. The molecule has 0 saturated heterocycles. The third kappa shape index (κ3) is 45.5. The standard InChI is InChI=1S/C23H39N5O4.C22H35Cl2N5O2.C16H26N4O5S.C15H25N5O2.C8H15BrO2.CH4O3S/c1-18-25-21-20(22(30)26-23(31)27(21)2)28(18)17-13-9-5-4-7-11-15-24-16-12-8-6-10-14-19(29)32-3;1-17-26-21-19(20(23)27-22(24)28-21)29(17)16-12-8-4-3-6-10-14-25-15-11-7-5-9-13-18(30)31-2;1-12-17-14-13(15(21)18-16(22)19(14)2)20(12)10-8-6-4-5-7-9-11-25-26(3,23)24;1-11-17-13-12(14(21)18-15(22)19(13)2)20(11)10-8-6-4-3-5-7-9-16;1-11-8(10)6-4-2-3-5-7-9;1-5(2,3)4/h24H,4-17H2,1-3H3,(H,26,30,31);25H,3-16H2,1-2H3;4-11H2,1-3H3,(H,18,21,22);3-10,16H2,1-2H3,(H,18,21,22);2-7H2,1H3;1H3,(H,2,3,4). The number of methoxy groups -OCH3 is 3. The highest BCUT2D eigenvalue weighted by atomic mass is 79.9. The highest BCUT2D eigenvalue weighted by Crippen LogP contribution is 2.25. The summed E-state index contributed by atoms with van der Waals surface area (Å²) in [5, 5.41) is 8.57. The highest BCUT2D eigenvalue weighted by molar-refractivity contribution is 9.09. The molecule has 0 aliphatic heterocycles. The minimum Gasteiger partial charge on any atom is -0.748 e. The zero-order valence-electron chi connectivity index (χ0n) is 77.2. The molecule has 8 rings (SSSR count). The minimum atomic E-state index is -3.92. The number of carbonyl (C=O) groups excluding carboxylic acids is 3.